The fraction of sp³-hybridized carbons (Fsp3) is 0.308. The highest BCUT2D eigenvalue weighted by atomic mass is 32.2. The number of hydrogen-bond donors (Lipinski definition) is 0. The van der Waals surface area contributed by atoms with E-state index < -0.39 is 0 Å². The number of rotatable bonds is 3. The predicted molar refractivity (Wildman–Crippen MR) is 72.7 cm³/mol. The summed E-state index contributed by atoms with van der Waals surface area (Å²) in [4.78, 5) is 20.4. The highest BCUT2D eigenvalue weighted by Gasteiger charge is 2.22. The summed E-state index contributed by atoms with van der Waals surface area (Å²) in [5.74, 6) is 0. The van der Waals surface area contributed by atoms with Gasteiger partial charge in [-0.2, -0.15) is 0 Å². The van der Waals surface area contributed by atoms with E-state index >= 15 is 0 Å². The van der Waals surface area contributed by atoms with Crippen LogP contribution in [0.4, 0.5) is 0 Å². The fourth-order valence-electron chi connectivity index (χ4n) is 2.17. The van der Waals surface area contributed by atoms with Crippen molar-refractivity contribution in [2.45, 2.75) is 24.9 Å². The van der Waals surface area contributed by atoms with E-state index in [1.165, 1.54) is 5.56 Å². The van der Waals surface area contributed by atoms with Crippen LogP contribution in [0.2, 0.25) is 0 Å². The van der Waals surface area contributed by atoms with Crippen LogP contribution in [0.3, 0.4) is 0 Å². The van der Waals surface area contributed by atoms with Crippen molar-refractivity contribution in [2.75, 3.05) is 0 Å². The minimum Gasteiger partial charge on any atom is -0.345 e. The molecule has 0 bridgehead atoms. The molecule has 6 heteroatoms. The lowest BCUT2D eigenvalue weighted by Gasteiger charge is -2.12. The third-order valence-electron chi connectivity index (χ3n) is 3.43. The monoisotopic (exact) mass is 274 g/mol. The summed E-state index contributed by atoms with van der Waals surface area (Å²) in [5.41, 5.74) is 4.08. The van der Waals surface area contributed by atoms with Crippen molar-refractivity contribution in [2.24, 2.45) is 7.05 Å². The molecule has 0 amide bonds. The van der Waals surface area contributed by atoms with Crippen molar-refractivity contribution in [1.29, 1.82) is 0 Å². The summed E-state index contributed by atoms with van der Waals surface area (Å²) in [6.45, 7) is 3.68. The minimum absolute atomic E-state index is 0.705. The van der Waals surface area contributed by atoms with Crippen molar-refractivity contribution in [3.05, 3.63) is 41.2 Å². The number of carbonyl (C=O) groups excluding carboxylic acids is 1. The quantitative estimate of drug-likeness (QED) is 0.632. The molecule has 0 radical (unpaired) electrons. The van der Waals surface area contributed by atoms with E-state index in [0.29, 0.717) is 5.69 Å². The summed E-state index contributed by atoms with van der Waals surface area (Å²) in [6, 6.07) is 1.93. The molecule has 0 atom stereocenters. The molecule has 98 valence electrons. The zero-order valence-corrected chi connectivity index (χ0v) is 11.6. The molecule has 0 aliphatic carbocycles. The van der Waals surface area contributed by atoms with Gasteiger partial charge in [0.1, 0.15) is 6.33 Å². The molecule has 0 N–H and O–H groups in total. The molecule has 0 fully saturated rings. The summed E-state index contributed by atoms with van der Waals surface area (Å²) in [5, 5.41) is 0. The SMILES string of the molecule is Cc1c(SN2Cc3cncnc3C2)cc(C=O)n1C. The van der Waals surface area contributed by atoms with E-state index in [0.717, 1.165) is 35.7 Å². The van der Waals surface area contributed by atoms with Gasteiger partial charge in [-0.25, -0.2) is 14.3 Å². The first kappa shape index (κ1) is 12.4. The number of carbonyl (C=O) groups is 1. The maximum absolute atomic E-state index is 10.9. The van der Waals surface area contributed by atoms with Crippen molar-refractivity contribution in [3.8, 4) is 0 Å². The summed E-state index contributed by atoms with van der Waals surface area (Å²) in [6.07, 6.45) is 4.35. The molecule has 3 heterocycles. The van der Waals surface area contributed by atoms with Crippen LogP contribution in [-0.4, -0.2) is 25.1 Å². The minimum atomic E-state index is 0.705. The van der Waals surface area contributed by atoms with E-state index in [2.05, 4.69) is 14.3 Å². The fourth-order valence-corrected chi connectivity index (χ4v) is 3.29. The van der Waals surface area contributed by atoms with Crippen LogP contribution in [0.25, 0.3) is 0 Å². The first-order valence-electron chi connectivity index (χ1n) is 6.01. The summed E-state index contributed by atoms with van der Waals surface area (Å²) < 4.78 is 4.15. The lowest BCUT2D eigenvalue weighted by atomic mass is 10.3. The van der Waals surface area contributed by atoms with E-state index in [-0.39, 0.29) is 0 Å². The Kier molecular flexibility index (Phi) is 3.12. The summed E-state index contributed by atoms with van der Waals surface area (Å²) >= 11 is 1.67. The normalized spacial score (nSPS) is 14.6. The van der Waals surface area contributed by atoms with Gasteiger partial charge in [-0.15, -0.1) is 0 Å². The number of nitrogens with zero attached hydrogens (tertiary/aromatic N) is 4. The Morgan fingerprint density at radius 2 is 2.26 bits per heavy atom. The number of aldehydes is 1. The van der Waals surface area contributed by atoms with Gasteiger partial charge in [0.15, 0.2) is 6.29 Å². The van der Waals surface area contributed by atoms with Gasteiger partial charge in [0.25, 0.3) is 0 Å². The largest absolute Gasteiger partial charge is 0.345 e. The number of hydrogen-bond acceptors (Lipinski definition) is 5. The highest BCUT2D eigenvalue weighted by Crippen LogP contribution is 2.34. The second kappa shape index (κ2) is 4.79. The van der Waals surface area contributed by atoms with Crippen LogP contribution >= 0.6 is 11.9 Å². The Labute approximate surface area is 115 Å². The van der Waals surface area contributed by atoms with Crippen LogP contribution in [0.1, 0.15) is 27.4 Å². The van der Waals surface area contributed by atoms with Crippen LogP contribution in [-0.2, 0) is 20.1 Å². The molecule has 19 heavy (non-hydrogen) atoms. The Hall–Kier alpha value is -1.66. The first-order valence-corrected chi connectivity index (χ1v) is 6.78. The molecule has 0 spiro atoms. The van der Waals surface area contributed by atoms with Crippen molar-refractivity contribution < 1.29 is 4.79 Å². The lowest BCUT2D eigenvalue weighted by Crippen LogP contribution is -2.06. The van der Waals surface area contributed by atoms with E-state index in [1.54, 1.807) is 18.3 Å². The van der Waals surface area contributed by atoms with Crippen LogP contribution in [0.15, 0.2) is 23.5 Å². The first-order chi connectivity index (χ1) is 9.19. The van der Waals surface area contributed by atoms with Crippen LogP contribution in [0.5, 0.6) is 0 Å². The summed E-state index contributed by atoms with van der Waals surface area (Å²) in [7, 11) is 1.91. The van der Waals surface area contributed by atoms with Crippen LogP contribution in [0, 0.1) is 6.92 Å². The van der Waals surface area contributed by atoms with Gasteiger partial charge in [-0.1, -0.05) is 0 Å². The van der Waals surface area contributed by atoms with Gasteiger partial charge < -0.3 is 4.57 Å². The maximum atomic E-state index is 10.9. The van der Waals surface area contributed by atoms with Crippen molar-refractivity contribution >= 4 is 18.2 Å². The number of fused-ring (bicyclic) bond motifs is 1. The standard InChI is InChI=1S/C13H14N4OS/c1-9-13(3-11(7-18)16(9)2)19-17-5-10-4-14-8-15-12(10)6-17/h3-4,7-8H,5-6H2,1-2H3. The second-order valence-electron chi connectivity index (χ2n) is 4.58. The van der Waals surface area contributed by atoms with Gasteiger partial charge in [-0.3, -0.25) is 4.79 Å². The van der Waals surface area contributed by atoms with E-state index in [4.69, 9.17) is 0 Å². The van der Waals surface area contributed by atoms with Crippen molar-refractivity contribution in [1.82, 2.24) is 18.8 Å². The zero-order chi connectivity index (χ0) is 13.4. The zero-order valence-electron chi connectivity index (χ0n) is 10.8. The van der Waals surface area contributed by atoms with E-state index in [1.807, 2.05) is 30.8 Å². The molecule has 5 nitrogen and oxygen atoms in total. The van der Waals surface area contributed by atoms with Crippen LogP contribution < -0.4 is 0 Å². The van der Waals surface area contributed by atoms with Crippen molar-refractivity contribution in [3.63, 3.8) is 0 Å². The average molecular weight is 274 g/mol. The molecule has 3 rings (SSSR count). The Bertz CT molecular complexity index is 613. The predicted octanol–water partition coefficient (Wildman–Crippen LogP) is 1.96. The second-order valence-corrected chi connectivity index (χ2v) is 5.72. The molecule has 0 saturated carbocycles. The highest BCUT2D eigenvalue weighted by molar-refractivity contribution is 7.97. The Morgan fingerprint density at radius 1 is 1.42 bits per heavy atom. The molecule has 0 unspecified atom stereocenters. The molecule has 2 aromatic heterocycles. The molecule has 0 saturated heterocycles. The van der Waals surface area contributed by atoms with E-state index in [9.17, 15) is 4.79 Å². The third-order valence-corrected chi connectivity index (χ3v) is 4.55. The Morgan fingerprint density at radius 3 is 2.95 bits per heavy atom. The molecule has 1 aliphatic rings. The van der Waals surface area contributed by atoms with Gasteiger partial charge in [-0.05, 0) is 24.9 Å². The Balaban J connectivity index is 1.79. The smallest absolute Gasteiger partial charge is 0.166 e. The molecular formula is C13H14N4OS. The van der Waals surface area contributed by atoms with Gasteiger partial charge >= 0.3 is 0 Å². The van der Waals surface area contributed by atoms with Gasteiger partial charge in [0, 0.05) is 35.9 Å². The molecular weight excluding hydrogens is 260 g/mol. The maximum Gasteiger partial charge on any atom is 0.166 e. The van der Waals surface area contributed by atoms with Gasteiger partial charge in [0.05, 0.1) is 17.9 Å². The molecule has 1 aliphatic heterocycles. The van der Waals surface area contributed by atoms with Gasteiger partial charge in [0.2, 0.25) is 0 Å². The third kappa shape index (κ3) is 2.17. The number of aromatic nitrogens is 3. The molecule has 0 aromatic carbocycles. The lowest BCUT2D eigenvalue weighted by molar-refractivity contribution is 0.111. The topological polar surface area (TPSA) is 51.0 Å². The molecule has 2 aromatic rings. The average Bonchev–Trinajstić information content (AvgIpc) is 2.94.